The molecule has 3 heterocycles. The Morgan fingerprint density at radius 2 is 1.79 bits per heavy atom. The van der Waals surface area contributed by atoms with Gasteiger partial charge in [-0.2, -0.15) is 21.9 Å². The van der Waals surface area contributed by atoms with Crippen molar-refractivity contribution in [3.63, 3.8) is 0 Å². The Kier molecular flexibility index (Phi) is 6.76. The predicted molar refractivity (Wildman–Crippen MR) is 129 cm³/mol. The Labute approximate surface area is 215 Å². The second-order valence-electron chi connectivity index (χ2n) is 8.16. The lowest BCUT2D eigenvalue weighted by Gasteiger charge is -2.12. The van der Waals surface area contributed by atoms with Crippen molar-refractivity contribution in [1.82, 2.24) is 23.7 Å². The van der Waals surface area contributed by atoms with Crippen LogP contribution in [-0.2, 0) is 19.1 Å². The zero-order chi connectivity index (χ0) is 26.9. The van der Waals surface area contributed by atoms with Gasteiger partial charge in [-0.3, -0.25) is 9.78 Å². The number of anilines is 1. The van der Waals surface area contributed by atoms with Gasteiger partial charge in [-0.1, -0.05) is 18.2 Å². The van der Waals surface area contributed by atoms with Crippen LogP contribution in [0.5, 0.6) is 0 Å². The molecule has 192 valence electrons. The van der Waals surface area contributed by atoms with E-state index in [4.69, 9.17) is 0 Å². The number of rotatable bonds is 7. The standard InChI is InChI=1S/C25H15F5N6OS/c26-17-5-4-14(18(27)8-17)11-32-22-9-20(21(37)7-13-2-1-3-19-23(13)36-38-35-19)33-24(34-22)15-6-16(12-31-10-15)25(28,29)30/h1-6,8-10,12H,7,11H2,(H,32,33,34). The quantitative estimate of drug-likeness (QED) is 0.203. The summed E-state index contributed by atoms with van der Waals surface area (Å²) in [6.07, 6.45) is -2.95. The number of ketones is 1. The highest BCUT2D eigenvalue weighted by Crippen LogP contribution is 2.31. The molecule has 0 atom stereocenters. The van der Waals surface area contributed by atoms with Gasteiger partial charge in [0.1, 0.15) is 34.2 Å². The van der Waals surface area contributed by atoms with Crippen molar-refractivity contribution in [2.75, 3.05) is 5.32 Å². The first-order valence-electron chi connectivity index (χ1n) is 11.0. The van der Waals surface area contributed by atoms with E-state index in [-0.39, 0.29) is 41.4 Å². The van der Waals surface area contributed by atoms with Gasteiger partial charge in [0.25, 0.3) is 0 Å². The number of alkyl halides is 3. The number of hydrogen-bond donors (Lipinski definition) is 1. The number of pyridine rings is 1. The first-order chi connectivity index (χ1) is 18.2. The van der Waals surface area contributed by atoms with Crippen LogP contribution in [-0.4, -0.2) is 29.5 Å². The molecule has 0 radical (unpaired) electrons. The van der Waals surface area contributed by atoms with Crippen molar-refractivity contribution in [3.05, 3.63) is 94.9 Å². The number of nitrogens with one attached hydrogen (secondary N) is 1. The van der Waals surface area contributed by atoms with Crippen molar-refractivity contribution >= 4 is 34.4 Å². The highest BCUT2D eigenvalue weighted by atomic mass is 32.1. The molecule has 0 aliphatic heterocycles. The first kappa shape index (κ1) is 25.3. The predicted octanol–water partition coefficient (Wildman–Crippen LogP) is 5.88. The molecule has 7 nitrogen and oxygen atoms in total. The summed E-state index contributed by atoms with van der Waals surface area (Å²) >= 11 is 1.00. The highest BCUT2D eigenvalue weighted by Gasteiger charge is 2.31. The minimum atomic E-state index is -4.65. The molecule has 38 heavy (non-hydrogen) atoms. The fourth-order valence-corrected chi connectivity index (χ4v) is 4.21. The molecule has 13 heteroatoms. The van der Waals surface area contributed by atoms with Gasteiger partial charge in [-0.05, 0) is 23.8 Å². The van der Waals surface area contributed by atoms with Crippen LogP contribution in [0.1, 0.15) is 27.2 Å². The largest absolute Gasteiger partial charge is 0.417 e. The van der Waals surface area contributed by atoms with E-state index < -0.39 is 29.2 Å². The molecule has 0 aliphatic rings. The molecule has 0 spiro atoms. The van der Waals surface area contributed by atoms with Crippen molar-refractivity contribution in [2.24, 2.45) is 0 Å². The van der Waals surface area contributed by atoms with Crippen molar-refractivity contribution in [2.45, 2.75) is 19.1 Å². The van der Waals surface area contributed by atoms with E-state index in [2.05, 4.69) is 29.0 Å². The summed E-state index contributed by atoms with van der Waals surface area (Å²) in [6, 6.07) is 10.4. The molecule has 5 rings (SSSR count). The average molecular weight is 542 g/mol. The fraction of sp³-hybridized carbons (Fsp3) is 0.120. The molecule has 0 saturated carbocycles. The van der Waals surface area contributed by atoms with Gasteiger partial charge in [0.05, 0.1) is 17.3 Å². The molecular formula is C25H15F5N6OS. The fourth-order valence-electron chi connectivity index (χ4n) is 3.65. The normalized spacial score (nSPS) is 11.6. The second-order valence-corrected chi connectivity index (χ2v) is 8.69. The maximum Gasteiger partial charge on any atom is 0.417 e. The van der Waals surface area contributed by atoms with Crippen molar-refractivity contribution < 1.29 is 26.7 Å². The van der Waals surface area contributed by atoms with E-state index in [0.717, 1.165) is 36.1 Å². The van der Waals surface area contributed by atoms with Crippen LogP contribution in [0.25, 0.3) is 22.4 Å². The molecule has 0 aliphatic carbocycles. The molecule has 0 unspecified atom stereocenters. The van der Waals surface area contributed by atoms with Gasteiger partial charge in [0.2, 0.25) is 0 Å². The lowest BCUT2D eigenvalue weighted by Crippen LogP contribution is -2.12. The van der Waals surface area contributed by atoms with E-state index in [0.29, 0.717) is 22.8 Å². The number of fused-ring (bicyclic) bond motifs is 1. The molecule has 0 fully saturated rings. The SMILES string of the molecule is O=C(Cc1cccc2nsnc12)c1cc(NCc2ccc(F)cc2F)nc(-c2cncc(C(F)(F)F)c2)n1. The zero-order valence-corrected chi connectivity index (χ0v) is 19.9. The molecule has 0 saturated heterocycles. The Hall–Kier alpha value is -4.39. The Morgan fingerprint density at radius 1 is 0.947 bits per heavy atom. The summed E-state index contributed by atoms with van der Waals surface area (Å²) in [5.41, 5.74) is 0.731. The van der Waals surface area contributed by atoms with Crippen molar-refractivity contribution in [3.8, 4) is 11.4 Å². The van der Waals surface area contributed by atoms with Crippen LogP contribution in [0.3, 0.4) is 0 Å². The maximum absolute atomic E-state index is 14.1. The summed E-state index contributed by atoms with van der Waals surface area (Å²) in [7, 11) is 0. The van der Waals surface area contributed by atoms with E-state index >= 15 is 0 Å². The van der Waals surface area contributed by atoms with E-state index in [1.165, 1.54) is 12.1 Å². The van der Waals surface area contributed by atoms with Gasteiger partial charge < -0.3 is 5.32 Å². The smallest absolute Gasteiger partial charge is 0.366 e. The summed E-state index contributed by atoms with van der Waals surface area (Å²) in [6.45, 7) is -0.138. The van der Waals surface area contributed by atoms with E-state index in [9.17, 15) is 26.7 Å². The minimum Gasteiger partial charge on any atom is -0.366 e. The van der Waals surface area contributed by atoms with Crippen LogP contribution in [0.4, 0.5) is 27.8 Å². The molecule has 3 aromatic heterocycles. The third-order valence-electron chi connectivity index (χ3n) is 5.53. The van der Waals surface area contributed by atoms with Crippen LogP contribution < -0.4 is 5.32 Å². The Bertz CT molecular complexity index is 1660. The van der Waals surface area contributed by atoms with E-state index in [1.807, 2.05) is 0 Å². The third kappa shape index (κ3) is 5.47. The van der Waals surface area contributed by atoms with Gasteiger partial charge in [0.15, 0.2) is 11.6 Å². The number of Topliss-reactive ketones (excluding diaryl/α,β-unsaturated/α-hetero) is 1. The number of halogens is 5. The van der Waals surface area contributed by atoms with Gasteiger partial charge in [0, 0.05) is 48.6 Å². The first-order valence-corrected chi connectivity index (χ1v) is 11.7. The molecule has 1 N–H and O–H groups in total. The number of hydrogen-bond acceptors (Lipinski definition) is 8. The summed E-state index contributed by atoms with van der Waals surface area (Å²) in [4.78, 5) is 25.3. The zero-order valence-electron chi connectivity index (χ0n) is 19.1. The minimum absolute atomic E-state index is 0.0491. The molecule has 0 amide bonds. The average Bonchev–Trinajstić information content (AvgIpc) is 3.38. The van der Waals surface area contributed by atoms with Crippen LogP contribution in [0, 0.1) is 11.6 Å². The maximum atomic E-state index is 14.1. The second kappa shape index (κ2) is 10.2. The Balaban J connectivity index is 1.51. The summed E-state index contributed by atoms with van der Waals surface area (Å²) in [5.74, 6) is -2.14. The number of carbonyl (C=O) groups is 1. The van der Waals surface area contributed by atoms with Gasteiger partial charge in [-0.25, -0.2) is 18.7 Å². The van der Waals surface area contributed by atoms with Gasteiger partial charge in [-0.15, -0.1) is 0 Å². The number of aromatic nitrogens is 5. The van der Waals surface area contributed by atoms with E-state index in [1.54, 1.807) is 18.2 Å². The Morgan fingerprint density at radius 3 is 2.58 bits per heavy atom. The number of nitrogens with zero attached hydrogens (tertiary/aromatic N) is 5. The lowest BCUT2D eigenvalue weighted by molar-refractivity contribution is -0.137. The highest BCUT2D eigenvalue weighted by molar-refractivity contribution is 7.00. The van der Waals surface area contributed by atoms with Crippen LogP contribution in [0.15, 0.2) is 60.9 Å². The van der Waals surface area contributed by atoms with Gasteiger partial charge >= 0.3 is 6.18 Å². The number of carbonyl (C=O) groups excluding carboxylic acids is 1. The van der Waals surface area contributed by atoms with Crippen molar-refractivity contribution in [1.29, 1.82) is 0 Å². The summed E-state index contributed by atoms with van der Waals surface area (Å²) < 4.78 is 75.5. The summed E-state index contributed by atoms with van der Waals surface area (Å²) in [5, 5.41) is 2.83. The number of benzene rings is 2. The lowest BCUT2D eigenvalue weighted by atomic mass is 10.0. The monoisotopic (exact) mass is 542 g/mol. The topological polar surface area (TPSA) is 93.6 Å². The molecule has 2 aromatic carbocycles. The molecular weight excluding hydrogens is 527 g/mol. The molecule has 5 aromatic rings. The van der Waals surface area contributed by atoms with Crippen LogP contribution in [0.2, 0.25) is 0 Å². The third-order valence-corrected chi connectivity index (χ3v) is 6.07. The van der Waals surface area contributed by atoms with Crippen LogP contribution >= 0.6 is 11.7 Å². The molecule has 0 bridgehead atoms.